The van der Waals surface area contributed by atoms with Gasteiger partial charge in [-0.1, -0.05) is 11.8 Å². The Hall–Kier alpha value is -4.23. The highest BCUT2D eigenvalue weighted by atomic mass is 32.2. The number of nitriles is 1. The number of H-pyrrole nitrogens is 1. The Morgan fingerprint density at radius 3 is 2.66 bits per heavy atom. The van der Waals surface area contributed by atoms with E-state index < -0.39 is 0 Å². The van der Waals surface area contributed by atoms with Crippen LogP contribution in [0.3, 0.4) is 0 Å². The Morgan fingerprint density at radius 2 is 2.00 bits per heavy atom. The first-order valence-corrected chi connectivity index (χ1v) is 11.7. The Morgan fingerprint density at radius 1 is 1.23 bits per heavy atom. The fraction of sp³-hybridized carbons (Fsp3) is 0.200. The number of nitrogens with zero attached hydrogens (tertiary/aromatic N) is 4. The molecule has 178 valence electrons. The first-order chi connectivity index (χ1) is 16.9. The number of amides is 1. The minimum atomic E-state index is -0.272. The fourth-order valence-corrected chi connectivity index (χ4v) is 4.12. The van der Waals surface area contributed by atoms with Gasteiger partial charge in [0.2, 0.25) is 11.1 Å². The summed E-state index contributed by atoms with van der Waals surface area (Å²) >= 11 is 1.19. The zero-order valence-corrected chi connectivity index (χ0v) is 20.6. The van der Waals surface area contributed by atoms with Crippen molar-refractivity contribution in [3.63, 3.8) is 0 Å². The van der Waals surface area contributed by atoms with Crippen molar-refractivity contribution in [1.29, 1.82) is 5.26 Å². The average Bonchev–Trinajstić information content (AvgIpc) is 3.55. The summed E-state index contributed by atoms with van der Waals surface area (Å²) in [6.45, 7) is 5.66. The number of ether oxygens (including phenoxy) is 1. The van der Waals surface area contributed by atoms with Gasteiger partial charge >= 0.3 is 0 Å². The second-order valence-corrected chi connectivity index (χ2v) is 8.64. The summed E-state index contributed by atoms with van der Waals surface area (Å²) < 4.78 is 12.6. The summed E-state index contributed by atoms with van der Waals surface area (Å²) in [5, 5.41) is 20.1. The van der Waals surface area contributed by atoms with Crippen molar-refractivity contribution in [3.8, 4) is 17.5 Å². The van der Waals surface area contributed by atoms with Gasteiger partial charge in [0, 0.05) is 11.4 Å². The number of carbonyl (C=O) groups is 1. The largest absolute Gasteiger partial charge is 0.497 e. The van der Waals surface area contributed by atoms with Gasteiger partial charge in [-0.2, -0.15) is 5.26 Å². The highest BCUT2D eigenvalue weighted by molar-refractivity contribution is 7.99. The first kappa shape index (κ1) is 23.9. The summed E-state index contributed by atoms with van der Waals surface area (Å²) in [6, 6.07) is 13.4. The van der Waals surface area contributed by atoms with E-state index in [1.54, 1.807) is 19.3 Å². The molecule has 4 aromatic rings. The van der Waals surface area contributed by atoms with E-state index in [0.29, 0.717) is 28.1 Å². The molecule has 2 N–H and O–H groups in total. The lowest BCUT2D eigenvalue weighted by molar-refractivity contribution is -0.113. The Kier molecular flexibility index (Phi) is 7.08. The topological polar surface area (TPSA) is 122 Å². The number of aryl methyl sites for hydroxylation is 1. The summed E-state index contributed by atoms with van der Waals surface area (Å²) in [6.07, 6.45) is 3.54. The molecule has 0 aliphatic heterocycles. The maximum atomic E-state index is 12.8. The van der Waals surface area contributed by atoms with Crippen molar-refractivity contribution in [2.24, 2.45) is 0 Å². The van der Waals surface area contributed by atoms with Gasteiger partial charge in [-0.05, 0) is 74.9 Å². The van der Waals surface area contributed by atoms with Crippen LogP contribution in [0.2, 0.25) is 0 Å². The van der Waals surface area contributed by atoms with Crippen LogP contribution in [0.15, 0.2) is 46.0 Å². The molecule has 0 bridgehead atoms. The van der Waals surface area contributed by atoms with Crippen molar-refractivity contribution in [1.82, 2.24) is 19.7 Å². The molecular formula is C25H24N6O3S. The molecule has 3 aromatic heterocycles. The molecule has 0 atom stereocenters. The van der Waals surface area contributed by atoms with Gasteiger partial charge in [0.05, 0.1) is 18.4 Å². The number of thioether (sulfide) groups is 1. The normalized spacial score (nSPS) is 11.1. The molecule has 3 heterocycles. The van der Waals surface area contributed by atoms with Crippen LogP contribution < -0.4 is 10.1 Å². The van der Waals surface area contributed by atoms with E-state index in [4.69, 9.17) is 9.15 Å². The maximum Gasteiger partial charge on any atom is 0.236 e. The molecular weight excluding hydrogens is 464 g/mol. The third kappa shape index (κ3) is 5.31. The number of methoxy groups -OCH3 is 1. The van der Waals surface area contributed by atoms with Crippen molar-refractivity contribution in [2.75, 3.05) is 18.2 Å². The van der Waals surface area contributed by atoms with Crippen LogP contribution in [0.25, 0.3) is 17.8 Å². The van der Waals surface area contributed by atoms with Gasteiger partial charge in [-0.15, -0.1) is 5.10 Å². The van der Waals surface area contributed by atoms with Crippen molar-refractivity contribution in [3.05, 3.63) is 70.6 Å². The predicted molar refractivity (Wildman–Crippen MR) is 135 cm³/mol. The van der Waals surface area contributed by atoms with Gasteiger partial charge in [0.15, 0.2) is 0 Å². The number of aromatic nitrogens is 4. The van der Waals surface area contributed by atoms with Gasteiger partial charge in [0.25, 0.3) is 0 Å². The number of hydrogen-bond donors (Lipinski definition) is 2. The van der Waals surface area contributed by atoms with Crippen molar-refractivity contribution < 1.29 is 13.9 Å². The number of furan rings is 1. The molecule has 4 rings (SSSR count). The van der Waals surface area contributed by atoms with E-state index in [2.05, 4.69) is 26.6 Å². The zero-order chi connectivity index (χ0) is 24.9. The maximum absolute atomic E-state index is 12.8. The minimum absolute atomic E-state index is 0.0785. The molecule has 0 aliphatic rings. The van der Waals surface area contributed by atoms with Crippen molar-refractivity contribution >= 4 is 35.6 Å². The lowest BCUT2D eigenvalue weighted by Crippen LogP contribution is -2.17. The fourth-order valence-electron chi connectivity index (χ4n) is 3.51. The lowest BCUT2D eigenvalue weighted by atomic mass is 10.2. The van der Waals surface area contributed by atoms with Gasteiger partial charge in [-0.3, -0.25) is 14.5 Å². The zero-order valence-electron chi connectivity index (χ0n) is 19.7. The molecule has 35 heavy (non-hydrogen) atoms. The third-order valence-corrected chi connectivity index (χ3v) is 6.24. The lowest BCUT2D eigenvalue weighted by Gasteiger charge is -2.13. The molecule has 0 aliphatic carbocycles. The van der Waals surface area contributed by atoms with E-state index in [1.807, 2.05) is 61.7 Å². The van der Waals surface area contributed by atoms with E-state index in [9.17, 15) is 10.1 Å². The number of hydrogen-bond acceptors (Lipinski definition) is 7. The molecule has 0 fully saturated rings. The molecule has 9 nitrogen and oxygen atoms in total. The number of aromatic amines is 1. The van der Waals surface area contributed by atoms with Gasteiger partial charge in [0.1, 0.15) is 35.0 Å². The third-order valence-electron chi connectivity index (χ3n) is 5.39. The van der Waals surface area contributed by atoms with Crippen LogP contribution in [0, 0.1) is 32.1 Å². The number of carbonyl (C=O) groups excluding carboxylic acids is 1. The molecule has 0 saturated heterocycles. The Bertz CT molecular complexity index is 1420. The standard InChI is InChI=1S/C25H24N6O3S/c1-15-5-8-20(34-15)11-12-22-27-25(30-29-22)35-14-23(32)28-24-21(13-26)16(2)17(3)31(24)18-6-9-19(33-4)10-7-18/h5-12H,14H2,1-4H3,(H,28,32)(H,27,29,30)/b12-11+. The average molecular weight is 489 g/mol. The number of nitrogens with one attached hydrogen (secondary N) is 2. The Labute approximate surface area is 206 Å². The smallest absolute Gasteiger partial charge is 0.236 e. The van der Waals surface area contributed by atoms with Crippen LogP contribution in [0.4, 0.5) is 5.82 Å². The quantitative estimate of drug-likeness (QED) is 0.338. The molecule has 0 spiro atoms. The first-order valence-electron chi connectivity index (χ1n) is 10.8. The number of rotatable bonds is 8. The predicted octanol–water partition coefficient (Wildman–Crippen LogP) is 4.90. The molecule has 0 saturated carbocycles. The number of benzene rings is 1. The molecule has 10 heteroatoms. The molecule has 1 amide bonds. The SMILES string of the molecule is COc1ccc(-n2c(C)c(C)c(C#N)c2NC(=O)CSc2n[nH]c(/C=C/c3ccc(C)o3)n2)cc1. The minimum Gasteiger partial charge on any atom is -0.497 e. The van der Waals surface area contributed by atoms with E-state index in [-0.39, 0.29) is 11.7 Å². The molecule has 1 aromatic carbocycles. The van der Waals surface area contributed by atoms with E-state index in [0.717, 1.165) is 28.5 Å². The summed E-state index contributed by atoms with van der Waals surface area (Å²) in [7, 11) is 1.60. The second-order valence-electron chi connectivity index (χ2n) is 7.70. The molecule has 0 radical (unpaired) electrons. The number of anilines is 1. The molecule has 0 unspecified atom stereocenters. The van der Waals surface area contributed by atoms with Crippen LogP contribution in [-0.2, 0) is 4.79 Å². The van der Waals surface area contributed by atoms with Crippen LogP contribution in [0.5, 0.6) is 5.75 Å². The monoisotopic (exact) mass is 488 g/mol. The summed E-state index contributed by atoms with van der Waals surface area (Å²) in [5.41, 5.74) is 2.92. The summed E-state index contributed by atoms with van der Waals surface area (Å²) in [4.78, 5) is 17.2. The second kappa shape index (κ2) is 10.4. The van der Waals surface area contributed by atoms with Crippen LogP contribution in [0.1, 0.15) is 34.2 Å². The van der Waals surface area contributed by atoms with Crippen molar-refractivity contribution in [2.45, 2.75) is 25.9 Å². The van der Waals surface area contributed by atoms with Gasteiger partial charge < -0.3 is 14.5 Å². The highest BCUT2D eigenvalue weighted by Gasteiger charge is 2.21. The summed E-state index contributed by atoms with van der Waals surface area (Å²) in [5.74, 6) is 3.05. The highest BCUT2D eigenvalue weighted by Crippen LogP contribution is 2.31. The van der Waals surface area contributed by atoms with E-state index in [1.165, 1.54) is 11.8 Å². The van der Waals surface area contributed by atoms with Gasteiger partial charge in [-0.25, -0.2) is 4.98 Å². The van der Waals surface area contributed by atoms with Crippen LogP contribution in [-0.4, -0.2) is 38.5 Å². The van der Waals surface area contributed by atoms with Crippen LogP contribution >= 0.6 is 11.8 Å². The Balaban J connectivity index is 1.46. The van der Waals surface area contributed by atoms with E-state index >= 15 is 0 Å².